The normalized spacial score (nSPS) is 11.5. The molecule has 0 aliphatic heterocycles. The van der Waals surface area contributed by atoms with E-state index in [1.54, 1.807) is 30.5 Å². The molecular weight excluding hydrogens is 364 g/mol. The second kappa shape index (κ2) is 5.70. The molecule has 112 valence electrons. The van der Waals surface area contributed by atoms with Gasteiger partial charge in [0.1, 0.15) is 5.82 Å². The van der Waals surface area contributed by atoms with Crippen molar-refractivity contribution >= 4 is 42.5 Å². The Balaban J connectivity index is 2.14. The molecule has 0 amide bonds. The number of pyridine rings is 1. The third-order valence-corrected chi connectivity index (χ3v) is 5.45. The van der Waals surface area contributed by atoms with Gasteiger partial charge in [0.05, 0.1) is 4.90 Å². The van der Waals surface area contributed by atoms with Gasteiger partial charge in [-0.2, -0.15) is 0 Å². The molecule has 1 heterocycles. The Morgan fingerprint density at radius 1 is 1.00 bits per heavy atom. The molecule has 1 aromatic heterocycles. The average molecular weight is 377 g/mol. The fourth-order valence-corrected chi connectivity index (χ4v) is 4.01. The maximum absolute atomic E-state index is 12.7. The van der Waals surface area contributed by atoms with E-state index < -0.39 is 10.0 Å². The molecular formula is C16H13BrN2O2S. The van der Waals surface area contributed by atoms with Crippen LogP contribution in [0.2, 0.25) is 0 Å². The molecule has 3 rings (SSSR count). The molecule has 4 nitrogen and oxygen atoms in total. The standard InChI is InChI=1S/C16H13BrN2O2S/c1-11-5-4-10-18-16(11)19-22(20,21)15-9-8-14(17)12-6-2-3-7-13(12)15/h2-10H,1H3,(H,18,19). The van der Waals surface area contributed by atoms with Gasteiger partial charge in [0.15, 0.2) is 0 Å². The lowest BCUT2D eigenvalue weighted by Crippen LogP contribution is -2.15. The van der Waals surface area contributed by atoms with Crippen LogP contribution < -0.4 is 4.72 Å². The number of sulfonamides is 1. The van der Waals surface area contributed by atoms with E-state index in [9.17, 15) is 8.42 Å². The quantitative estimate of drug-likeness (QED) is 0.748. The summed E-state index contributed by atoms with van der Waals surface area (Å²) in [5, 5.41) is 1.51. The van der Waals surface area contributed by atoms with Crippen LogP contribution in [0.25, 0.3) is 10.8 Å². The first-order chi connectivity index (χ1) is 10.5. The Hall–Kier alpha value is -1.92. The first-order valence-corrected chi connectivity index (χ1v) is 8.88. The largest absolute Gasteiger partial charge is 0.263 e. The highest BCUT2D eigenvalue weighted by Gasteiger charge is 2.19. The molecule has 0 spiro atoms. The minimum Gasteiger partial charge on any atom is -0.263 e. The molecule has 1 N–H and O–H groups in total. The fourth-order valence-electron chi connectivity index (χ4n) is 2.24. The zero-order chi connectivity index (χ0) is 15.7. The average Bonchev–Trinajstić information content (AvgIpc) is 2.50. The third kappa shape index (κ3) is 2.71. The Kier molecular flexibility index (Phi) is 3.88. The molecule has 6 heteroatoms. The number of anilines is 1. The van der Waals surface area contributed by atoms with E-state index in [1.165, 1.54) is 0 Å². The number of hydrogen-bond acceptors (Lipinski definition) is 3. The number of aromatic nitrogens is 1. The molecule has 0 saturated heterocycles. The van der Waals surface area contributed by atoms with E-state index in [1.807, 2.05) is 31.2 Å². The van der Waals surface area contributed by atoms with Crippen molar-refractivity contribution in [1.29, 1.82) is 0 Å². The molecule has 0 unspecified atom stereocenters. The zero-order valence-corrected chi connectivity index (χ0v) is 14.1. The number of nitrogens with zero attached hydrogens (tertiary/aromatic N) is 1. The van der Waals surface area contributed by atoms with Crippen molar-refractivity contribution in [2.24, 2.45) is 0 Å². The minimum absolute atomic E-state index is 0.233. The van der Waals surface area contributed by atoms with Crippen molar-refractivity contribution in [3.8, 4) is 0 Å². The van der Waals surface area contributed by atoms with Crippen LogP contribution in [0.4, 0.5) is 5.82 Å². The van der Waals surface area contributed by atoms with Gasteiger partial charge in [-0.1, -0.05) is 46.3 Å². The van der Waals surface area contributed by atoms with E-state index >= 15 is 0 Å². The van der Waals surface area contributed by atoms with Crippen molar-refractivity contribution in [2.75, 3.05) is 4.72 Å². The molecule has 0 fully saturated rings. The molecule has 0 saturated carbocycles. The van der Waals surface area contributed by atoms with Gasteiger partial charge in [-0.25, -0.2) is 13.4 Å². The first kappa shape index (κ1) is 15.0. The number of benzene rings is 2. The van der Waals surface area contributed by atoms with E-state index in [0.717, 1.165) is 15.4 Å². The van der Waals surface area contributed by atoms with Gasteiger partial charge < -0.3 is 0 Å². The van der Waals surface area contributed by atoms with Crippen molar-refractivity contribution in [1.82, 2.24) is 4.98 Å². The second-order valence-corrected chi connectivity index (χ2v) is 7.37. The van der Waals surface area contributed by atoms with Crippen molar-refractivity contribution in [2.45, 2.75) is 11.8 Å². The maximum atomic E-state index is 12.7. The predicted molar refractivity (Wildman–Crippen MR) is 91.4 cm³/mol. The van der Waals surface area contributed by atoms with Crippen molar-refractivity contribution in [3.63, 3.8) is 0 Å². The SMILES string of the molecule is Cc1cccnc1NS(=O)(=O)c1ccc(Br)c2ccccc12. The van der Waals surface area contributed by atoms with E-state index in [-0.39, 0.29) is 4.90 Å². The predicted octanol–water partition coefficient (Wildman–Crippen LogP) is 4.11. The van der Waals surface area contributed by atoms with Crippen LogP contribution in [0.3, 0.4) is 0 Å². The van der Waals surface area contributed by atoms with E-state index in [0.29, 0.717) is 11.2 Å². The van der Waals surface area contributed by atoms with Crippen LogP contribution in [0.1, 0.15) is 5.56 Å². The monoisotopic (exact) mass is 376 g/mol. The minimum atomic E-state index is -3.71. The highest BCUT2D eigenvalue weighted by Crippen LogP contribution is 2.30. The van der Waals surface area contributed by atoms with Gasteiger partial charge in [-0.3, -0.25) is 4.72 Å². The van der Waals surface area contributed by atoms with Crippen LogP contribution in [-0.4, -0.2) is 13.4 Å². The van der Waals surface area contributed by atoms with Gasteiger partial charge >= 0.3 is 0 Å². The molecule has 0 aliphatic carbocycles. The van der Waals surface area contributed by atoms with Gasteiger partial charge in [-0.15, -0.1) is 0 Å². The molecule has 22 heavy (non-hydrogen) atoms. The summed E-state index contributed by atoms with van der Waals surface area (Å²) in [5.41, 5.74) is 0.771. The van der Waals surface area contributed by atoms with Crippen LogP contribution >= 0.6 is 15.9 Å². The van der Waals surface area contributed by atoms with Gasteiger partial charge in [-0.05, 0) is 36.1 Å². The Morgan fingerprint density at radius 2 is 1.73 bits per heavy atom. The summed E-state index contributed by atoms with van der Waals surface area (Å²) in [6, 6.07) is 14.3. The number of fused-ring (bicyclic) bond motifs is 1. The smallest absolute Gasteiger partial charge is 0.263 e. The molecule has 3 aromatic rings. The molecule has 0 bridgehead atoms. The van der Waals surface area contributed by atoms with Crippen LogP contribution in [0, 0.1) is 6.92 Å². The van der Waals surface area contributed by atoms with Gasteiger partial charge in [0.25, 0.3) is 10.0 Å². The van der Waals surface area contributed by atoms with Gasteiger partial charge in [0.2, 0.25) is 0 Å². The number of aryl methyl sites for hydroxylation is 1. The zero-order valence-electron chi connectivity index (χ0n) is 11.7. The molecule has 0 aliphatic rings. The lowest BCUT2D eigenvalue weighted by molar-refractivity contribution is 0.602. The van der Waals surface area contributed by atoms with Crippen molar-refractivity contribution in [3.05, 3.63) is 64.8 Å². The fraction of sp³-hybridized carbons (Fsp3) is 0.0625. The number of nitrogens with one attached hydrogen (secondary N) is 1. The highest BCUT2D eigenvalue weighted by molar-refractivity contribution is 9.10. The topological polar surface area (TPSA) is 59.1 Å². The number of rotatable bonds is 3. The number of hydrogen-bond donors (Lipinski definition) is 1. The van der Waals surface area contributed by atoms with Crippen LogP contribution in [0.15, 0.2) is 64.1 Å². The first-order valence-electron chi connectivity index (χ1n) is 6.61. The van der Waals surface area contributed by atoms with Crippen LogP contribution in [-0.2, 0) is 10.0 Å². The summed E-state index contributed by atoms with van der Waals surface area (Å²) in [5.74, 6) is 0.342. The van der Waals surface area contributed by atoms with Crippen molar-refractivity contribution < 1.29 is 8.42 Å². The summed E-state index contributed by atoms with van der Waals surface area (Å²) in [6.45, 7) is 1.81. The third-order valence-electron chi connectivity index (χ3n) is 3.36. The summed E-state index contributed by atoms with van der Waals surface area (Å²) >= 11 is 3.45. The lowest BCUT2D eigenvalue weighted by Gasteiger charge is -2.12. The summed E-state index contributed by atoms with van der Waals surface area (Å²) in [4.78, 5) is 4.32. The molecule has 2 aromatic carbocycles. The summed E-state index contributed by atoms with van der Waals surface area (Å²) in [6.07, 6.45) is 1.56. The van der Waals surface area contributed by atoms with E-state index in [4.69, 9.17) is 0 Å². The van der Waals surface area contributed by atoms with Crippen LogP contribution in [0.5, 0.6) is 0 Å². The Morgan fingerprint density at radius 3 is 2.45 bits per heavy atom. The van der Waals surface area contributed by atoms with Gasteiger partial charge in [0, 0.05) is 16.1 Å². The Bertz CT molecular complexity index is 955. The molecule has 0 radical (unpaired) electrons. The molecule has 0 atom stereocenters. The Labute approximate surface area is 137 Å². The number of halogens is 1. The second-order valence-electron chi connectivity index (χ2n) is 4.87. The van der Waals surface area contributed by atoms with E-state index in [2.05, 4.69) is 25.6 Å². The lowest BCUT2D eigenvalue weighted by atomic mass is 10.1. The highest BCUT2D eigenvalue weighted by atomic mass is 79.9. The summed E-state index contributed by atoms with van der Waals surface area (Å²) < 4.78 is 28.8. The maximum Gasteiger partial charge on any atom is 0.263 e. The summed E-state index contributed by atoms with van der Waals surface area (Å²) in [7, 11) is -3.71.